The predicted octanol–water partition coefficient (Wildman–Crippen LogP) is 0.991. The third kappa shape index (κ3) is 3.54. The Bertz CT molecular complexity index is 287. The molecule has 0 radical (unpaired) electrons. The number of hydrogen-bond acceptors (Lipinski definition) is 3. The van der Waals surface area contributed by atoms with Gasteiger partial charge >= 0.3 is 0 Å². The lowest BCUT2D eigenvalue weighted by molar-refractivity contribution is 0.0969. The van der Waals surface area contributed by atoms with E-state index in [4.69, 9.17) is 0 Å². The van der Waals surface area contributed by atoms with E-state index >= 15 is 0 Å². The van der Waals surface area contributed by atoms with Crippen molar-refractivity contribution in [1.82, 2.24) is 20.1 Å². The van der Waals surface area contributed by atoms with Gasteiger partial charge in [0.1, 0.15) is 12.2 Å². The first-order chi connectivity index (χ1) is 7.15. The maximum atomic E-state index is 12.6. The highest BCUT2D eigenvalue weighted by Crippen LogP contribution is 2.07. The van der Waals surface area contributed by atoms with E-state index in [1.807, 2.05) is 6.92 Å². The van der Waals surface area contributed by atoms with Crippen molar-refractivity contribution in [3.05, 3.63) is 12.2 Å². The van der Waals surface area contributed by atoms with Gasteiger partial charge in [-0.05, 0) is 13.0 Å². The molecule has 1 rings (SSSR count). The minimum absolute atomic E-state index is 0.203. The van der Waals surface area contributed by atoms with Crippen LogP contribution in [0.4, 0.5) is 8.78 Å². The van der Waals surface area contributed by atoms with Crippen LogP contribution < -0.4 is 5.32 Å². The number of aromatic nitrogens is 3. The molecule has 0 spiro atoms. The Labute approximate surface area is 87.7 Å². The summed E-state index contributed by atoms with van der Waals surface area (Å²) >= 11 is 0. The molecule has 0 aliphatic heterocycles. The largest absolute Gasteiger partial charge is 0.309 e. The normalized spacial score (nSPS) is 13.4. The average molecular weight is 218 g/mol. The van der Waals surface area contributed by atoms with Crippen LogP contribution in [0.15, 0.2) is 6.33 Å². The smallest absolute Gasteiger partial charge is 0.254 e. The highest BCUT2D eigenvalue weighted by molar-refractivity contribution is 4.89. The summed E-state index contributed by atoms with van der Waals surface area (Å²) in [6, 6.07) is -0.840. The van der Waals surface area contributed by atoms with Gasteiger partial charge in [0.05, 0.1) is 6.04 Å². The van der Waals surface area contributed by atoms with E-state index in [2.05, 4.69) is 15.4 Å². The van der Waals surface area contributed by atoms with Crippen LogP contribution in [0.1, 0.15) is 19.2 Å². The van der Waals surface area contributed by atoms with Crippen LogP contribution in [-0.4, -0.2) is 33.8 Å². The Kier molecular flexibility index (Phi) is 4.61. The van der Waals surface area contributed by atoms with Gasteiger partial charge in [0.2, 0.25) is 0 Å². The molecule has 0 aliphatic carbocycles. The summed E-state index contributed by atoms with van der Waals surface area (Å²) in [5.74, 6) is 0.573. The Hall–Kier alpha value is -1.04. The van der Waals surface area contributed by atoms with E-state index in [9.17, 15) is 8.78 Å². The lowest BCUT2D eigenvalue weighted by Crippen LogP contribution is -2.38. The molecule has 0 amide bonds. The van der Waals surface area contributed by atoms with Gasteiger partial charge in [-0.2, -0.15) is 5.10 Å². The molecule has 4 nitrogen and oxygen atoms in total. The van der Waals surface area contributed by atoms with Gasteiger partial charge in [-0.1, -0.05) is 6.92 Å². The molecule has 0 saturated carbocycles. The van der Waals surface area contributed by atoms with Crippen LogP contribution in [0.3, 0.4) is 0 Å². The zero-order chi connectivity index (χ0) is 11.3. The lowest BCUT2D eigenvalue weighted by atomic mass is 10.2. The molecule has 0 aromatic carbocycles. The summed E-state index contributed by atoms with van der Waals surface area (Å²) in [5.41, 5.74) is 0. The maximum absolute atomic E-state index is 12.6. The Morgan fingerprint density at radius 3 is 2.73 bits per heavy atom. The van der Waals surface area contributed by atoms with Crippen LogP contribution in [0.2, 0.25) is 0 Å². The summed E-state index contributed by atoms with van der Waals surface area (Å²) in [6.45, 7) is 2.53. The summed E-state index contributed by atoms with van der Waals surface area (Å²) in [4.78, 5) is 3.92. The highest BCUT2D eigenvalue weighted by Gasteiger charge is 2.21. The number of nitrogens with one attached hydrogen (secondary N) is 1. The molecule has 0 fully saturated rings. The van der Waals surface area contributed by atoms with E-state index in [-0.39, 0.29) is 6.42 Å². The van der Waals surface area contributed by atoms with Crippen molar-refractivity contribution < 1.29 is 8.78 Å². The Morgan fingerprint density at radius 1 is 1.53 bits per heavy atom. The van der Waals surface area contributed by atoms with Gasteiger partial charge in [0, 0.05) is 13.5 Å². The van der Waals surface area contributed by atoms with Crippen LogP contribution in [-0.2, 0) is 13.5 Å². The average Bonchev–Trinajstić information content (AvgIpc) is 2.58. The number of aryl methyl sites for hydroxylation is 1. The third-order valence-corrected chi connectivity index (χ3v) is 2.17. The molecule has 1 aromatic heterocycles. The molecule has 1 N–H and O–H groups in total. The van der Waals surface area contributed by atoms with Crippen molar-refractivity contribution in [1.29, 1.82) is 0 Å². The van der Waals surface area contributed by atoms with Gasteiger partial charge < -0.3 is 5.32 Å². The number of nitrogens with zero attached hydrogens (tertiary/aromatic N) is 3. The fourth-order valence-electron chi connectivity index (χ4n) is 1.28. The second-order valence-corrected chi connectivity index (χ2v) is 3.40. The second-order valence-electron chi connectivity index (χ2n) is 3.40. The van der Waals surface area contributed by atoms with Crippen molar-refractivity contribution in [3.63, 3.8) is 0 Å². The van der Waals surface area contributed by atoms with E-state index in [0.717, 1.165) is 6.42 Å². The molecule has 0 saturated heterocycles. The van der Waals surface area contributed by atoms with Gasteiger partial charge in [0.25, 0.3) is 6.43 Å². The molecule has 1 heterocycles. The van der Waals surface area contributed by atoms with Crippen molar-refractivity contribution in [3.8, 4) is 0 Å². The van der Waals surface area contributed by atoms with Crippen molar-refractivity contribution in [2.75, 3.05) is 6.54 Å². The van der Waals surface area contributed by atoms with Gasteiger partial charge in [-0.15, -0.1) is 0 Å². The van der Waals surface area contributed by atoms with E-state index < -0.39 is 12.5 Å². The van der Waals surface area contributed by atoms with Crippen LogP contribution in [0, 0.1) is 0 Å². The first-order valence-electron chi connectivity index (χ1n) is 4.99. The Balaban J connectivity index is 2.54. The van der Waals surface area contributed by atoms with Crippen LogP contribution in [0.5, 0.6) is 0 Å². The predicted molar refractivity (Wildman–Crippen MR) is 52.8 cm³/mol. The number of halogens is 2. The van der Waals surface area contributed by atoms with E-state index in [1.165, 1.54) is 11.0 Å². The monoisotopic (exact) mass is 218 g/mol. The number of alkyl halides is 2. The van der Waals surface area contributed by atoms with Crippen molar-refractivity contribution in [2.45, 2.75) is 32.2 Å². The molecule has 86 valence electrons. The van der Waals surface area contributed by atoms with Crippen molar-refractivity contribution >= 4 is 0 Å². The number of rotatable bonds is 6. The quantitative estimate of drug-likeness (QED) is 0.774. The molecule has 6 heteroatoms. The Morgan fingerprint density at radius 2 is 2.27 bits per heavy atom. The second kappa shape index (κ2) is 5.75. The molecule has 1 aromatic rings. The van der Waals surface area contributed by atoms with Gasteiger partial charge in [-0.3, -0.25) is 4.68 Å². The topological polar surface area (TPSA) is 42.7 Å². The lowest BCUT2D eigenvalue weighted by Gasteiger charge is -2.16. The minimum atomic E-state index is -2.38. The standard InChI is InChI=1S/C9H16F2N4/c1-3-4-12-7(9(10)11)5-8-13-6-14-15(8)2/h6-7,9,12H,3-5H2,1-2H3. The van der Waals surface area contributed by atoms with Crippen molar-refractivity contribution in [2.24, 2.45) is 7.05 Å². The maximum Gasteiger partial charge on any atom is 0.254 e. The SMILES string of the molecule is CCCNC(Cc1ncnn1C)C(F)F. The van der Waals surface area contributed by atoms with Crippen LogP contribution >= 0.6 is 0 Å². The molecule has 1 atom stereocenters. The molecule has 15 heavy (non-hydrogen) atoms. The summed E-state index contributed by atoms with van der Waals surface area (Å²) in [7, 11) is 1.70. The molecular formula is C9H16F2N4. The molecule has 0 bridgehead atoms. The first kappa shape index (κ1) is 12.0. The fourth-order valence-corrected chi connectivity index (χ4v) is 1.28. The van der Waals surface area contributed by atoms with E-state index in [0.29, 0.717) is 12.4 Å². The summed E-state index contributed by atoms with van der Waals surface area (Å²) < 4.78 is 26.8. The zero-order valence-electron chi connectivity index (χ0n) is 8.95. The van der Waals surface area contributed by atoms with Gasteiger partial charge in [-0.25, -0.2) is 13.8 Å². The summed E-state index contributed by atoms with van der Waals surface area (Å²) in [6.07, 6.45) is 0.0294. The zero-order valence-corrected chi connectivity index (χ0v) is 8.95. The van der Waals surface area contributed by atoms with Gasteiger partial charge in [0.15, 0.2) is 0 Å². The highest BCUT2D eigenvalue weighted by atomic mass is 19.3. The fraction of sp³-hybridized carbons (Fsp3) is 0.778. The molecule has 0 aliphatic rings. The molecular weight excluding hydrogens is 202 g/mol. The van der Waals surface area contributed by atoms with Crippen LogP contribution in [0.25, 0.3) is 0 Å². The number of hydrogen-bond donors (Lipinski definition) is 1. The molecule has 1 unspecified atom stereocenters. The minimum Gasteiger partial charge on any atom is -0.309 e. The first-order valence-corrected chi connectivity index (χ1v) is 4.99. The van der Waals surface area contributed by atoms with E-state index in [1.54, 1.807) is 7.05 Å². The summed E-state index contributed by atoms with van der Waals surface area (Å²) in [5, 5.41) is 6.65. The third-order valence-electron chi connectivity index (χ3n) is 2.17.